The van der Waals surface area contributed by atoms with Crippen LogP contribution in [0.25, 0.3) is 0 Å². The Morgan fingerprint density at radius 3 is 2.85 bits per heavy atom. The van der Waals surface area contributed by atoms with Gasteiger partial charge in [-0.05, 0) is 30.9 Å². The molecule has 2 unspecified atom stereocenters. The van der Waals surface area contributed by atoms with Crippen molar-refractivity contribution in [2.24, 2.45) is 10.9 Å². The molecule has 1 aliphatic heterocycles. The van der Waals surface area contributed by atoms with E-state index < -0.39 is 0 Å². The minimum absolute atomic E-state index is 0.555. The third-order valence-corrected chi connectivity index (χ3v) is 5.29. The summed E-state index contributed by atoms with van der Waals surface area (Å²) in [5.41, 5.74) is 2.36. The van der Waals surface area contributed by atoms with E-state index in [0.29, 0.717) is 6.04 Å². The molecule has 0 spiro atoms. The zero-order valence-electron chi connectivity index (χ0n) is 12.3. The Balaban J connectivity index is 1.76. The monoisotopic (exact) mass is 289 g/mol. The van der Waals surface area contributed by atoms with E-state index in [2.05, 4.69) is 48.6 Å². The fourth-order valence-corrected chi connectivity index (χ4v) is 4.23. The minimum atomic E-state index is 0.555. The van der Waals surface area contributed by atoms with Gasteiger partial charge in [0.15, 0.2) is 5.17 Å². The highest BCUT2D eigenvalue weighted by molar-refractivity contribution is 8.14. The molecule has 0 bridgehead atoms. The molecular weight excluding hydrogens is 266 g/mol. The van der Waals surface area contributed by atoms with Crippen LogP contribution in [0, 0.1) is 5.92 Å². The van der Waals surface area contributed by atoms with Gasteiger partial charge in [-0.15, -0.1) is 0 Å². The second kappa shape index (κ2) is 6.08. The maximum absolute atomic E-state index is 4.95. The number of aliphatic imine (C=N–C) groups is 1. The van der Waals surface area contributed by atoms with E-state index in [4.69, 9.17) is 4.99 Å². The molecule has 1 N–H and O–H groups in total. The van der Waals surface area contributed by atoms with Crippen molar-refractivity contribution in [2.45, 2.75) is 31.7 Å². The molecule has 1 heterocycles. The van der Waals surface area contributed by atoms with Gasteiger partial charge in [-0.2, -0.15) is 0 Å². The normalized spacial score (nSPS) is 25.6. The van der Waals surface area contributed by atoms with Gasteiger partial charge >= 0.3 is 0 Å². The van der Waals surface area contributed by atoms with E-state index in [-0.39, 0.29) is 0 Å². The molecule has 2 atom stereocenters. The number of nitrogens with one attached hydrogen (secondary N) is 1. The third-order valence-electron chi connectivity index (χ3n) is 4.21. The lowest BCUT2D eigenvalue weighted by atomic mass is 9.86. The first-order valence-electron chi connectivity index (χ1n) is 7.48. The fourth-order valence-electron chi connectivity index (χ4n) is 3.08. The SMILES string of the molecule is CN(C)c1ccccc1NC1=NC2CCCCC2CS1. The van der Waals surface area contributed by atoms with Gasteiger partial charge in [0.1, 0.15) is 0 Å². The van der Waals surface area contributed by atoms with Crippen LogP contribution in [0.1, 0.15) is 25.7 Å². The molecule has 1 aliphatic carbocycles. The Hall–Kier alpha value is -1.16. The van der Waals surface area contributed by atoms with Gasteiger partial charge in [0, 0.05) is 19.8 Å². The summed E-state index contributed by atoms with van der Waals surface area (Å²) in [6.07, 6.45) is 5.37. The van der Waals surface area contributed by atoms with Crippen molar-refractivity contribution >= 4 is 28.3 Å². The van der Waals surface area contributed by atoms with Crippen molar-refractivity contribution in [3.05, 3.63) is 24.3 Å². The van der Waals surface area contributed by atoms with Crippen LogP contribution in [0.5, 0.6) is 0 Å². The van der Waals surface area contributed by atoms with Crippen LogP contribution >= 0.6 is 11.8 Å². The van der Waals surface area contributed by atoms with E-state index >= 15 is 0 Å². The van der Waals surface area contributed by atoms with Crippen LogP contribution in [-0.4, -0.2) is 31.1 Å². The fraction of sp³-hybridized carbons (Fsp3) is 0.562. The standard InChI is InChI=1S/C16H23N3S/c1-19(2)15-10-6-5-9-14(15)18-16-17-13-8-4-3-7-12(13)11-20-16/h5-6,9-10,12-13H,3-4,7-8,11H2,1-2H3,(H,17,18). The summed E-state index contributed by atoms with van der Waals surface area (Å²) in [6, 6.07) is 8.98. The molecule has 0 aromatic heterocycles. The number of nitrogens with zero attached hydrogens (tertiary/aromatic N) is 2. The van der Waals surface area contributed by atoms with Gasteiger partial charge < -0.3 is 10.2 Å². The molecular formula is C16H23N3S. The first-order chi connectivity index (χ1) is 9.74. The zero-order chi connectivity index (χ0) is 13.9. The van der Waals surface area contributed by atoms with Gasteiger partial charge in [0.05, 0.1) is 17.4 Å². The average Bonchev–Trinajstić information content (AvgIpc) is 2.47. The second-order valence-electron chi connectivity index (χ2n) is 5.89. The van der Waals surface area contributed by atoms with Crippen LogP contribution in [0.4, 0.5) is 11.4 Å². The smallest absolute Gasteiger partial charge is 0.161 e. The Morgan fingerprint density at radius 1 is 1.20 bits per heavy atom. The number of hydrogen-bond donors (Lipinski definition) is 1. The van der Waals surface area contributed by atoms with Gasteiger partial charge in [-0.1, -0.05) is 36.7 Å². The van der Waals surface area contributed by atoms with Gasteiger partial charge in [-0.25, -0.2) is 0 Å². The molecule has 0 amide bonds. The van der Waals surface area contributed by atoms with Gasteiger partial charge in [0.2, 0.25) is 0 Å². The summed E-state index contributed by atoms with van der Waals surface area (Å²) in [7, 11) is 4.15. The highest BCUT2D eigenvalue weighted by Crippen LogP contribution is 2.35. The molecule has 1 fully saturated rings. The number of rotatable bonds is 2. The molecule has 1 aromatic rings. The number of thioether (sulfide) groups is 1. The zero-order valence-corrected chi connectivity index (χ0v) is 13.1. The Morgan fingerprint density at radius 2 is 2.00 bits per heavy atom. The number of benzene rings is 1. The van der Waals surface area contributed by atoms with Crippen molar-refractivity contribution in [2.75, 3.05) is 30.1 Å². The molecule has 0 saturated heterocycles. The molecule has 2 aliphatic rings. The molecule has 1 aromatic carbocycles. The van der Waals surface area contributed by atoms with Crippen molar-refractivity contribution in [1.82, 2.24) is 0 Å². The summed E-state index contributed by atoms with van der Waals surface area (Å²) in [4.78, 5) is 7.09. The number of amidine groups is 1. The Bertz CT molecular complexity index is 498. The lowest BCUT2D eigenvalue weighted by Crippen LogP contribution is -2.32. The minimum Gasteiger partial charge on any atom is -0.376 e. The van der Waals surface area contributed by atoms with Gasteiger partial charge in [0.25, 0.3) is 0 Å². The van der Waals surface area contributed by atoms with Gasteiger partial charge in [-0.3, -0.25) is 4.99 Å². The molecule has 108 valence electrons. The largest absolute Gasteiger partial charge is 0.376 e. The first-order valence-corrected chi connectivity index (χ1v) is 8.46. The maximum Gasteiger partial charge on any atom is 0.161 e. The molecule has 3 nitrogen and oxygen atoms in total. The number of para-hydroxylation sites is 2. The summed E-state index contributed by atoms with van der Waals surface area (Å²) in [5, 5.41) is 4.63. The van der Waals surface area contributed by atoms with E-state index in [1.807, 2.05) is 11.8 Å². The number of fused-ring (bicyclic) bond motifs is 1. The van der Waals surface area contributed by atoms with E-state index in [9.17, 15) is 0 Å². The van der Waals surface area contributed by atoms with Crippen molar-refractivity contribution in [3.8, 4) is 0 Å². The van der Waals surface area contributed by atoms with E-state index in [1.165, 1.54) is 37.1 Å². The quantitative estimate of drug-likeness (QED) is 0.897. The molecule has 3 rings (SSSR count). The Kier molecular flexibility index (Phi) is 4.20. The summed E-state index contributed by atoms with van der Waals surface area (Å²) >= 11 is 1.88. The Labute approximate surface area is 125 Å². The van der Waals surface area contributed by atoms with Crippen LogP contribution in [-0.2, 0) is 0 Å². The average molecular weight is 289 g/mol. The maximum atomic E-state index is 4.95. The first kappa shape index (κ1) is 13.8. The third kappa shape index (κ3) is 2.95. The topological polar surface area (TPSA) is 27.6 Å². The van der Waals surface area contributed by atoms with Crippen LogP contribution in [0.2, 0.25) is 0 Å². The number of hydrogen-bond acceptors (Lipinski definition) is 4. The highest BCUT2D eigenvalue weighted by Gasteiger charge is 2.29. The summed E-state index contributed by atoms with van der Waals surface area (Å²) < 4.78 is 0. The van der Waals surface area contributed by atoms with E-state index in [1.54, 1.807) is 0 Å². The highest BCUT2D eigenvalue weighted by atomic mass is 32.2. The number of anilines is 2. The lowest BCUT2D eigenvalue weighted by molar-refractivity contribution is 0.336. The second-order valence-corrected chi connectivity index (χ2v) is 6.90. The van der Waals surface area contributed by atoms with E-state index in [0.717, 1.165) is 16.8 Å². The van der Waals surface area contributed by atoms with Crippen molar-refractivity contribution in [3.63, 3.8) is 0 Å². The van der Waals surface area contributed by atoms with Crippen LogP contribution in [0.3, 0.4) is 0 Å². The summed E-state index contributed by atoms with van der Waals surface area (Å²) in [5.74, 6) is 2.03. The lowest BCUT2D eigenvalue weighted by Gasteiger charge is -2.33. The van der Waals surface area contributed by atoms with Crippen LogP contribution in [0.15, 0.2) is 29.3 Å². The molecule has 4 heteroatoms. The van der Waals surface area contributed by atoms with Crippen LogP contribution < -0.4 is 10.2 Å². The van der Waals surface area contributed by atoms with Crippen molar-refractivity contribution < 1.29 is 0 Å². The molecule has 20 heavy (non-hydrogen) atoms. The molecule has 1 saturated carbocycles. The predicted octanol–water partition coefficient (Wildman–Crippen LogP) is 3.83. The predicted molar refractivity (Wildman–Crippen MR) is 90.0 cm³/mol. The van der Waals surface area contributed by atoms with Crippen molar-refractivity contribution in [1.29, 1.82) is 0 Å². The molecule has 0 radical (unpaired) electrons. The summed E-state index contributed by atoms with van der Waals surface area (Å²) in [6.45, 7) is 0.